The Balaban J connectivity index is 2.81. The summed E-state index contributed by atoms with van der Waals surface area (Å²) in [6.07, 6.45) is -3.83. The largest absolute Gasteiger partial charge is 0.467 e. The minimum absolute atomic E-state index is 0.111. The maximum Gasteiger partial charge on any atom is 0.350 e. The molecule has 0 unspecified atom stereocenters. The number of aliphatic hydroxyl groups is 1. The average molecular weight is 422 g/mol. The molecule has 120 valence electrons. The van der Waals surface area contributed by atoms with E-state index in [0.717, 1.165) is 17.8 Å². The van der Waals surface area contributed by atoms with Crippen LogP contribution in [0, 0.1) is 3.57 Å². The Hall–Kier alpha value is -1.68. The van der Waals surface area contributed by atoms with Crippen molar-refractivity contribution in [3.05, 3.63) is 33.4 Å². The molecular formula is C14H15IO7. The molecule has 0 saturated heterocycles. The summed E-state index contributed by atoms with van der Waals surface area (Å²) in [6.45, 7) is 0. The lowest BCUT2D eigenvalue weighted by Gasteiger charge is -2.19. The van der Waals surface area contributed by atoms with E-state index in [9.17, 15) is 19.5 Å². The quantitative estimate of drug-likeness (QED) is 0.404. The molecule has 0 heterocycles. The van der Waals surface area contributed by atoms with Gasteiger partial charge in [-0.05, 0) is 34.2 Å². The molecular weight excluding hydrogens is 407 g/mol. The van der Waals surface area contributed by atoms with Gasteiger partial charge in [0.25, 0.3) is 0 Å². The maximum atomic E-state index is 11.9. The van der Waals surface area contributed by atoms with Gasteiger partial charge >= 0.3 is 17.9 Å². The number of carbonyl (C=O) groups excluding carboxylic acids is 3. The van der Waals surface area contributed by atoms with E-state index >= 15 is 0 Å². The third kappa shape index (κ3) is 4.95. The number of benzene rings is 1. The van der Waals surface area contributed by atoms with Gasteiger partial charge in [0.15, 0.2) is 6.10 Å². The first-order valence-corrected chi connectivity index (χ1v) is 7.25. The summed E-state index contributed by atoms with van der Waals surface area (Å²) in [5.74, 6) is -2.92. The van der Waals surface area contributed by atoms with Gasteiger partial charge in [-0.2, -0.15) is 0 Å². The highest BCUT2D eigenvalue weighted by Gasteiger charge is 2.37. The number of esters is 3. The molecule has 0 aliphatic carbocycles. The van der Waals surface area contributed by atoms with Crippen LogP contribution in [0.15, 0.2) is 24.3 Å². The number of hydrogen-bond acceptors (Lipinski definition) is 7. The van der Waals surface area contributed by atoms with Gasteiger partial charge in [-0.25, -0.2) is 9.59 Å². The van der Waals surface area contributed by atoms with Crippen LogP contribution in [-0.2, 0) is 35.0 Å². The minimum atomic E-state index is -1.95. The number of methoxy groups -OCH3 is 2. The van der Waals surface area contributed by atoms with Gasteiger partial charge in [-0.3, -0.25) is 4.79 Å². The van der Waals surface area contributed by atoms with Crippen LogP contribution in [0.25, 0.3) is 0 Å². The second-order valence-corrected chi connectivity index (χ2v) is 5.33. The van der Waals surface area contributed by atoms with E-state index in [4.69, 9.17) is 4.74 Å². The molecule has 0 fully saturated rings. The first kappa shape index (κ1) is 18.4. The lowest BCUT2D eigenvalue weighted by atomic mass is 10.1. The van der Waals surface area contributed by atoms with Crippen molar-refractivity contribution < 1.29 is 33.7 Å². The van der Waals surface area contributed by atoms with E-state index in [-0.39, 0.29) is 6.42 Å². The molecule has 0 aliphatic rings. The smallest absolute Gasteiger partial charge is 0.350 e. The highest BCUT2D eigenvalue weighted by Crippen LogP contribution is 2.14. The Morgan fingerprint density at radius 2 is 1.73 bits per heavy atom. The first-order chi connectivity index (χ1) is 10.4. The molecule has 0 aromatic heterocycles. The summed E-state index contributed by atoms with van der Waals surface area (Å²) in [4.78, 5) is 34.8. The van der Waals surface area contributed by atoms with E-state index in [1.54, 1.807) is 12.1 Å². The monoisotopic (exact) mass is 422 g/mol. The maximum absolute atomic E-state index is 11.9. The van der Waals surface area contributed by atoms with Crippen molar-refractivity contribution in [1.29, 1.82) is 0 Å². The molecule has 1 rings (SSSR count). The summed E-state index contributed by atoms with van der Waals surface area (Å²) >= 11 is 2.06. The van der Waals surface area contributed by atoms with Crippen molar-refractivity contribution in [2.24, 2.45) is 0 Å². The summed E-state index contributed by atoms with van der Waals surface area (Å²) in [5, 5.41) is 9.69. The van der Waals surface area contributed by atoms with Crippen LogP contribution in [0.4, 0.5) is 0 Å². The van der Waals surface area contributed by atoms with Gasteiger partial charge in [0.2, 0.25) is 6.10 Å². The standard InChI is InChI=1S/C14H15IO7/c1-20-13(18)11(17)12(14(19)21-2)22-10(16)7-8-5-3-4-6-9(8)15/h3-6,11-12,17H,7H2,1-2H3/t11-,12-/m1/s1. The topological polar surface area (TPSA) is 99.1 Å². The Kier molecular flexibility index (Phi) is 7.25. The second kappa shape index (κ2) is 8.69. The Bertz CT molecular complexity index is 558. The lowest BCUT2D eigenvalue weighted by Crippen LogP contribution is -2.44. The zero-order valence-corrected chi connectivity index (χ0v) is 14.1. The fourth-order valence-corrected chi connectivity index (χ4v) is 2.16. The van der Waals surface area contributed by atoms with Gasteiger partial charge in [0.1, 0.15) is 0 Å². The van der Waals surface area contributed by atoms with Gasteiger partial charge in [0.05, 0.1) is 20.6 Å². The normalized spacial score (nSPS) is 12.9. The van der Waals surface area contributed by atoms with Crippen LogP contribution in [0.2, 0.25) is 0 Å². The number of hydrogen-bond donors (Lipinski definition) is 1. The molecule has 1 N–H and O–H groups in total. The van der Waals surface area contributed by atoms with E-state index in [2.05, 4.69) is 32.1 Å². The summed E-state index contributed by atoms with van der Waals surface area (Å²) in [5.41, 5.74) is 0.698. The molecule has 7 nitrogen and oxygen atoms in total. The van der Waals surface area contributed by atoms with Crippen LogP contribution in [-0.4, -0.2) is 49.4 Å². The third-order valence-corrected chi connectivity index (χ3v) is 3.77. The van der Waals surface area contributed by atoms with Crippen LogP contribution in [0.1, 0.15) is 5.56 Å². The van der Waals surface area contributed by atoms with Crippen molar-refractivity contribution in [2.75, 3.05) is 14.2 Å². The molecule has 0 radical (unpaired) electrons. The zero-order chi connectivity index (χ0) is 16.7. The highest BCUT2D eigenvalue weighted by atomic mass is 127. The number of ether oxygens (including phenoxy) is 3. The second-order valence-electron chi connectivity index (χ2n) is 4.17. The molecule has 1 aromatic carbocycles. The van der Waals surface area contributed by atoms with Gasteiger partial charge < -0.3 is 19.3 Å². The summed E-state index contributed by atoms with van der Waals surface area (Å²) < 4.78 is 14.5. The van der Waals surface area contributed by atoms with Crippen molar-refractivity contribution in [3.8, 4) is 0 Å². The van der Waals surface area contributed by atoms with Crippen LogP contribution in [0.3, 0.4) is 0 Å². The van der Waals surface area contributed by atoms with Crippen LogP contribution >= 0.6 is 22.6 Å². The van der Waals surface area contributed by atoms with Crippen LogP contribution < -0.4 is 0 Å². The molecule has 0 spiro atoms. The van der Waals surface area contributed by atoms with Crippen molar-refractivity contribution >= 4 is 40.5 Å². The Morgan fingerprint density at radius 1 is 1.14 bits per heavy atom. The predicted molar refractivity (Wildman–Crippen MR) is 82.8 cm³/mol. The van der Waals surface area contributed by atoms with E-state index in [1.807, 2.05) is 12.1 Å². The predicted octanol–water partition coefficient (Wildman–Crippen LogP) is 0.452. The third-order valence-electron chi connectivity index (χ3n) is 2.71. The van der Waals surface area contributed by atoms with Gasteiger partial charge in [-0.15, -0.1) is 0 Å². The first-order valence-electron chi connectivity index (χ1n) is 6.17. The molecule has 2 atom stereocenters. The Labute approximate surface area is 140 Å². The number of aliphatic hydroxyl groups excluding tert-OH is 1. The molecule has 0 aliphatic heterocycles. The number of carbonyl (C=O) groups is 3. The minimum Gasteiger partial charge on any atom is -0.467 e. The number of halogens is 1. The number of rotatable bonds is 6. The molecule has 0 amide bonds. The van der Waals surface area contributed by atoms with E-state index in [1.165, 1.54) is 0 Å². The molecule has 0 saturated carbocycles. The van der Waals surface area contributed by atoms with Crippen molar-refractivity contribution in [3.63, 3.8) is 0 Å². The molecule has 1 aromatic rings. The summed E-state index contributed by atoms with van der Waals surface area (Å²) in [6, 6.07) is 7.11. The fraction of sp³-hybridized carbons (Fsp3) is 0.357. The van der Waals surface area contributed by atoms with Gasteiger partial charge in [0, 0.05) is 3.57 Å². The molecule has 22 heavy (non-hydrogen) atoms. The highest BCUT2D eigenvalue weighted by molar-refractivity contribution is 14.1. The van der Waals surface area contributed by atoms with Crippen molar-refractivity contribution in [2.45, 2.75) is 18.6 Å². The Morgan fingerprint density at radius 3 is 2.27 bits per heavy atom. The summed E-state index contributed by atoms with van der Waals surface area (Å²) in [7, 11) is 2.08. The van der Waals surface area contributed by atoms with E-state index in [0.29, 0.717) is 5.56 Å². The fourth-order valence-electron chi connectivity index (χ4n) is 1.58. The molecule has 8 heteroatoms. The lowest BCUT2D eigenvalue weighted by molar-refractivity contribution is -0.181. The average Bonchev–Trinajstić information content (AvgIpc) is 2.52. The van der Waals surface area contributed by atoms with E-state index < -0.39 is 30.1 Å². The van der Waals surface area contributed by atoms with Crippen LogP contribution in [0.5, 0.6) is 0 Å². The SMILES string of the molecule is COC(=O)[C@H](O)[C@@H](OC(=O)Cc1ccccc1I)C(=O)OC. The molecule has 0 bridgehead atoms. The van der Waals surface area contributed by atoms with Crippen molar-refractivity contribution in [1.82, 2.24) is 0 Å². The zero-order valence-electron chi connectivity index (χ0n) is 11.9. The van der Waals surface area contributed by atoms with Gasteiger partial charge in [-0.1, -0.05) is 18.2 Å².